The molecule has 1 saturated carbocycles. The van der Waals surface area contributed by atoms with E-state index >= 15 is 0 Å². The molecular weight excluding hydrogens is 272 g/mol. The minimum Gasteiger partial charge on any atom is -0.392 e. The largest absolute Gasteiger partial charge is 0.392 e. The van der Waals surface area contributed by atoms with E-state index in [1.54, 1.807) is 6.08 Å². The summed E-state index contributed by atoms with van der Waals surface area (Å²) >= 11 is 0. The first-order chi connectivity index (χ1) is 10.3. The fourth-order valence-corrected chi connectivity index (χ4v) is 3.73. The highest BCUT2D eigenvalue weighted by atomic mass is 16.5. The summed E-state index contributed by atoms with van der Waals surface area (Å²) < 4.78 is 6.41. The van der Waals surface area contributed by atoms with Crippen molar-refractivity contribution in [1.29, 1.82) is 0 Å². The van der Waals surface area contributed by atoms with Gasteiger partial charge in [-0.05, 0) is 62.7 Å². The maximum Gasteiger partial charge on any atom is 0.0982 e. The fraction of sp³-hybridized carbons (Fsp3) is 0.600. The van der Waals surface area contributed by atoms with Crippen LogP contribution in [0.25, 0.3) is 0 Å². The number of aliphatic hydroxyl groups is 1. The van der Waals surface area contributed by atoms with E-state index < -0.39 is 0 Å². The second-order valence-corrected chi connectivity index (χ2v) is 7.49. The van der Waals surface area contributed by atoms with E-state index in [4.69, 9.17) is 9.84 Å². The van der Waals surface area contributed by atoms with Crippen LogP contribution < -0.4 is 0 Å². The van der Waals surface area contributed by atoms with Crippen molar-refractivity contribution in [2.24, 2.45) is 5.41 Å². The Morgan fingerprint density at radius 3 is 2.68 bits per heavy atom. The van der Waals surface area contributed by atoms with E-state index in [0.717, 1.165) is 12.0 Å². The minimum atomic E-state index is -0.0854. The van der Waals surface area contributed by atoms with Gasteiger partial charge in [-0.25, -0.2) is 0 Å². The first-order valence-corrected chi connectivity index (χ1v) is 8.31. The Morgan fingerprint density at radius 2 is 2.05 bits per heavy atom. The third kappa shape index (κ3) is 3.61. The molecule has 0 aromatic heterocycles. The average molecular weight is 302 g/mol. The van der Waals surface area contributed by atoms with Crippen LogP contribution in [0.5, 0.6) is 0 Å². The maximum absolute atomic E-state index is 8.86. The van der Waals surface area contributed by atoms with Gasteiger partial charge in [-0.1, -0.05) is 43.7 Å². The van der Waals surface area contributed by atoms with Gasteiger partial charge in [-0.15, -0.1) is 0 Å². The van der Waals surface area contributed by atoms with Gasteiger partial charge in [-0.3, -0.25) is 0 Å². The molecule has 2 atom stereocenters. The summed E-state index contributed by atoms with van der Waals surface area (Å²) in [6.07, 6.45) is 14.0. The molecule has 0 radical (unpaired) electrons. The van der Waals surface area contributed by atoms with Crippen LogP contribution in [-0.4, -0.2) is 23.4 Å². The Kier molecular flexibility index (Phi) is 5.14. The molecule has 0 bridgehead atoms. The lowest BCUT2D eigenvalue weighted by Gasteiger charge is -2.42. The molecule has 1 aliphatic carbocycles. The first kappa shape index (κ1) is 17.2. The fourth-order valence-electron chi connectivity index (χ4n) is 3.73. The molecule has 1 N–H and O–H groups in total. The van der Waals surface area contributed by atoms with Gasteiger partial charge in [0.1, 0.15) is 0 Å². The van der Waals surface area contributed by atoms with Crippen LogP contribution in [-0.2, 0) is 4.74 Å². The van der Waals surface area contributed by atoms with E-state index in [-0.39, 0.29) is 23.7 Å². The van der Waals surface area contributed by atoms with Crippen LogP contribution in [0.3, 0.4) is 0 Å². The molecule has 0 aromatic carbocycles. The number of ether oxygens (including phenoxy) is 1. The van der Waals surface area contributed by atoms with Gasteiger partial charge in [0.2, 0.25) is 0 Å². The zero-order valence-corrected chi connectivity index (χ0v) is 14.6. The molecule has 0 amide bonds. The molecular formula is C20H30O2. The molecule has 0 aromatic rings. The molecule has 2 aliphatic rings. The van der Waals surface area contributed by atoms with Crippen LogP contribution in [0.2, 0.25) is 0 Å². The monoisotopic (exact) mass is 302 g/mol. The molecule has 0 spiro atoms. The number of hydrogen-bond donors (Lipinski definition) is 1. The maximum atomic E-state index is 8.86. The summed E-state index contributed by atoms with van der Waals surface area (Å²) in [4.78, 5) is 0. The third-order valence-corrected chi connectivity index (χ3v) is 5.04. The molecule has 1 fully saturated rings. The summed E-state index contributed by atoms with van der Waals surface area (Å²) in [5.74, 6) is 0. The third-order valence-electron chi connectivity index (χ3n) is 5.04. The van der Waals surface area contributed by atoms with Crippen molar-refractivity contribution >= 4 is 0 Å². The van der Waals surface area contributed by atoms with Crippen molar-refractivity contribution in [2.75, 3.05) is 6.61 Å². The van der Waals surface area contributed by atoms with Gasteiger partial charge in [0.15, 0.2) is 0 Å². The summed E-state index contributed by atoms with van der Waals surface area (Å²) in [7, 11) is 0. The molecule has 2 heteroatoms. The summed E-state index contributed by atoms with van der Waals surface area (Å²) in [5.41, 5.74) is 3.94. The average Bonchev–Trinajstić information content (AvgIpc) is 2.78. The second-order valence-electron chi connectivity index (χ2n) is 7.49. The predicted molar refractivity (Wildman–Crippen MR) is 92.7 cm³/mol. The number of rotatable bonds is 4. The van der Waals surface area contributed by atoms with Crippen LogP contribution in [0.15, 0.2) is 47.1 Å². The zero-order valence-electron chi connectivity index (χ0n) is 14.6. The van der Waals surface area contributed by atoms with Gasteiger partial charge < -0.3 is 9.84 Å². The van der Waals surface area contributed by atoms with Crippen LogP contribution in [0.1, 0.15) is 53.9 Å². The molecule has 2 unspecified atom stereocenters. The van der Waals surface area contributed by atoms with Crippen molar-refractivity contribution in [3.05, 3.63) is 47.1 Å². The van der Waals surface area contributed by atoms with Crippen molar-refractivity contribution in [1.82, 2.24) is 0 Å². The lowest BCUT2D eigenvalue weighted by atomic mass is 9.67. The lowest BCUT2D eigenvalue weighted by Crippen LogP contribution is -2.39. The molecule has 2 nitrogen and oxygen atoms in total. The highest BCUT2D eigenvalue weighted by Crippen LogP contribution is 2.51. The predicted octanol–water partition coefficient (Wildman–Crippen LogP) is 4.72. The first-order valence-electron chi connectivity index (χ1n) is 8.31. The van der Waals surface area contributed by atoms with E-state index in [9.17, 15) is 0 Å². The van der Waals surface area contributed by atoms with Crippen molar-refractivity contribution in [2.45, 2.75) is 65.6 Å². The Morgan fingerprint density at radius 1 is 1.32 bits per heavy atom. The van der Waals surface area contributed by atoms with E-state index in [2.05, 4.69) is 39.8 Å². The van der Waals surface area contributed by atoms with Gasteiger partial charge in [0.05, 0.1) is 18.3 Å². The number of aliphatic hydroxyl groups excluding tert-OH is 1. The topological polar surface area (TPSA) is 29.5 Å². The second kappa shape index (κ2) is 6.55. The smallest absolute Gasteiger partial charge is 0.0982 e. The summed E-state index contributed by atoms with van der Waals surface area (Å²) in [6, 6.07) is 0. The Labute approximate surface area is 135 Å². The zero-order chi connectivity index (χ0) is 16.4. The molecule has 1 aliphatic heterocycles. The molecule has 2 rings (SSSR count). The Bertz CT molecular complexity index is 534. The standard InChI is InChI=1S/C20H30O2/c1-15(10-13-21)8-6-9-16(2)17-14-18-19(3,4)11-7-12-20(18,5)22-17/h6,8-10,14,17,21H,7,11-13H2,1-5H3. The SMILES string of the molecule is CC(C=CC=C(C)C1C=C2C(C)(C)CCCC2(C)O1)=CCO. The van der Waals surface area contributed by atoms with Gasteiger partial charge in [0, 0.05) is 0 Å². The normalized spacial score (nSPS) is 32.3. The molecule has 22 heavy (non-hydrogen) atoms. The van der Waals surface area contributed by atoms with Gasteiger partial charge >= 0.3 is 0 Å². The molecule has 0 saturated heterocycles. The van der Waals surface area contributed by atoms with Gasteiger partial charge in [0.25, 0.3) is 0 Å². The van der Waals surface area contributed by atoms with Gasteiger partial charge in [-0.2, -0.15) is 0 Å². The number of hydrogen-bond acceptors (Lipinski definition) is 2. The number of allylic oxidation sites excluding steroid dienone is 4. The molecule has 1 heterocycles. The minimum absolute atomic E-state index is 0.0854. The van der Waals surface area contributed by atoms with Crippen molar-refractivity contribution < 1.29 is 9.84 Å². The van der Waals surface area contributed by atoms with E-state index in [1.807, 2.05) is 19.1 Å². The lowest BCUT2D eigenvalue weighted by molar-refractivity contribution is -0.0307. The van der Waals surface area contributed by atoms with Crippen molar-refractivity contribution in [3.63, 3.8) is 0 Å². The molecule has 122 valence electrons. The Hall–Kier alpha value is -1.12. The van der Waals surface area contributed by atoms with Crippen LogP contribution >= 0.6 is 0 Å². The van der Waals surface area contributed by atoms with E-state index in [0.29, 0.717) is 0 Å². The van der Waals surface area contributed by atoms with Crippen molar-refractivity contribution in [3.8, 4) is 0 Å². The quantitative estimate of drug-likeness (QED) is 0.601. The Balaban J connectivity index is 2.14. The van der Waals surface area contributed by atoms with Crippen LogP contribution in [0.4, 0.5) is 0 Å². The summed E-state index contributed by atoms with van der Waals surface area (Å²) in [5, 5.41) is 8.86. The highest BCUT2D eigenvalue weighted by Gasteiger charge is 2.47. The van der Waals surface area contributed by atoms with E-state index in [1.165, 1.54) is 24.0 Å². The summed E-state index contributed by atoms with van der Waals surface area (Å²) in [6.45, 7) is 11.1. The highest BCUT2D eigenvalue weighted by molar-refractivity contribution is 5.36. The van der Waals surface area contributed by atoms with Crippen LogP contribution in [0, 0.1) is 5.41 Å². The number of fused-ring (bicyclic) bond motifs is 1.